The topological polar surface area (TPSA) is 55.4 Å². The zero-order chi connectivity index (χ0) is 14.5. The molecule has 1 aromatic heterocycles. The maximum atomic E-state index is 12.3. The van der Waals surface area contributed by atoms with Gasteiger partial charge in [0.1, 0.15) is 5.00 Å². The van der Waals surface area contributed by atoms with Gasteiger partial charge in [0.25, 0.3) is 5.91 Å². The molecule has 2 aromatic rings. The van der Waals surface area contributed by atoms with E-state index in [2.05, 4.69) is 10.1 Å². The number of anilines is 1. The van der Waals surface area contributed by atoms with E-state index in [-0.39, 0.29) is 5.91 Å². The van der Waals surface area contributed by atoms with Crippen LogP contribution in [0, 0.1) is 0 Å². The number of thioether (sulfide) groups is 1. The van der Waals surface area contributed by atoms with Crippen LogP contribution in [0.3, 0.4) is 0 Å². The molecule has 0 saturated heterocycles. The van der Waals surface area contributed by atoms with E-state index in [1.165, 1.54) is 30.2 Å². The van der Waals surface area contributed by atoms with Crippen LogP contribution in [-0.2, 0) is 4.74 Å². The predicted molar refractivity (Wildman–Crippen MR) is 81.8 cm³/mol. The molecule has 20 heavy (non-hydrogen) atoms. The lowest BCUT2D eigenvalue weighted by atomic mass is 10.2. The van der Waals surface area contributed by atoms with Gasteiger partial charge in [-0.2, -0.15) is 0 Å². The van der Waals surface area contributed by atoms with E-state index in [1.54, 1.807) is 17.5 Å². The summed E-state index contributed by atoms with van der Waals surface area (Å²) in [5, 5.41) is 5.00. The van der Waals surface area contributed by atoms with E-state index in [0.29, 0.717) is 16.1 Å². The van der Waals surface area contributed by atoms with Gasteiger partial charge in [-0.25, -0.2) is 4.79 Å². The number of hydrogen-bond donors (Lipinski definition) is 1. The van der Waals surface area contributed by atoms with E-state index in [1.807, 2.05) is 24.5 Å². The number of methoxy groups -OCH3 is 1. The quantitative estimate of drug-likeness (QED) is 0.694. The number of hydrogen-bond acceptors (Lipinski definition) is 5. The van der Waals surface area contributed by atoms with E-state index in [4.69, 9.17) is 0 Å². The fourth-order valence-corrected chi connectivity index (χ4v) is 3.04. The first-order valence-corrected chi connectivity index (χ1v) is 7.88. The van der Waals surface area contributed by atoms with Crippen LogP contribution in [0.15, 0.2) is 40.6 Å². The molecule has 0 atom stereocenters. The molecule has 1 amide bonds. The van der Waals surface area contributed by atoms with Crippen molar-refractivity contribution in [2.45, 2.75) is 4.90 Å². The van der Waals surface area contributed by atoms with Gasteiger partial charge < -0.3 is 10.1 Å². The lowest BCUT2D eigenvalue weighted by Gasteiger charge is -2.08. The smallest absolute Gasteiger partial charge is 0.340 e. The van der Waals surface area contributed by atoms with Crippen molar-refractivity contribution in [1.82, 2.24) is 0 Å². The first-order chi connectivity index (χ1) is 9.67. The number of nitrogens with one attached hydrogen (secondary N) is 1. The van der Waals surface area contributed by atoms with Crippen molar-refractivity contribution in [1.29, 1.82) is 0 Å². The Kier molecular flexibility index (Phi) is 4.81. The molecule has 104 valence electrons. The molecule has 1 N–H and O–H groups in total. The number of esters is 1. The summed E-state index contributed by atoms with van der Waals surface area (Å²) in [6, 6.07) is 8.96. The second-order valence-corrected chi connectivity index (χ2v) is 5.57. The molecule has 1 heterocycles. The summed E-state index contributed by atoms with van der Waals surface area (Å²) >= 11 is 2.79. The number of benzene rings is 1. The standard InChI is InChI=1S/C14H13NO3S2/c1-18-14(17)10-7-8-20-13(10)15-12(16)9-5-3-4-6-11(9)19-2/h3-8H,1-2H3,(H,15,16). The third kappa shape index (κ3) is 3.02. The van der Waals surface area contributed by atoms with Gasteiger partial charge in [-0.3, -0.25) is 4.79 Å². The number of ether oxygens (including phenoxy) is 1. The maximum absolute atomic E-state index is 12.3. The molecular weight excluding hydrogens is 294 g/mol. The highest BCUT2D eigenvalue weighted by Gasteiger charge is 2.17. The van der Waals surface area contributed by atoms with Gasteiger partial charge in [-0.05, 0) is 29.8 Å². The fraction of sp³-hybridized carbons (Fsp3) is 0.143. The Bertz CT molecular complexity index is 637. The molecule has 1 aromatic carbocycles. The van der Waals surface area contributed by atoms with Crippen molar-refractivity contribution in [3.63, 3.8) is 0 Å². The number of rotatable bonds is 4. The Balaban J connectivity index is 2.24. The Hall–Kier alpha value is -1.79. The lowest BCUT2D eigenvalue weighted by Crippen LogP contribution is -2.14. The molecule has 0 fully saturated rings. The zero-order valence-corrected chi connectivity index (χ0v) is 12.6. The number of carbonyl (C=O) groups is 2. The van der Waals surface area contributed by atoms with Crippen LogP contribution in [0.25, 0.3) is 0 Å². The summed E-state index contributed by atoms with van der Waals surface area (Å²) in [5.41, 5.74) is 0.955. The summed E-state index contributed by atoms with van der Waals surface area (Å²) in [6.07, 6.45) is 1.91. The first kappa shape index (κ1) is 14.6. The van der Waals surface area contributed by atoms with E-state index >= 15 is 0 Å². The van der Waals surface area contributed by atoms with Crippen molar-refractivity contribution in [2.75, 3.05) is 18.7 Å². The van der Waals surface area contributed by atoms with E-state index in [0.717, 1.165) is 4.90 Å². The summed E-state index contributed by atoms with van der Waals surface area (Å²) in [7, 11) is 1.31. The summed E-state index contributed by atoms with van der Waals surface area (Å²) in [5.74, 6) is -0.692. The third-order valence-corrected chi connectivity index (χ3v) is 4.27. The van der Waals surface area contributed by atoms with Crippen LogP contribution in [-0.4, -0.2) is 25.2 Å². The molecule has 0 spiro atoms. The van der Waals surface area contributed by atoms with E-state index < -0.39 is 5.97 Å². The van der Waals surface area contributed by atoms with Crippen molar-refractivity contribution in [3.8, 4) is 0 Å². The van der Waals surface area contributed by atoms with Gasteiger partial charge in [-0.1, -0.05) is 12.1 Å². The number of carbonyl (C=O) groups excluding carboxylic acids is 2. The molecule has 0 aliphatic carbocycles. The minimum absolute atomic E-state index is 0.234. The number of thiophene rings is 1. The summed E-state index contributed by atoms with van der Waals surface area (Å²) in [4.78, 5) is 24.7. The monoisotopic (exact) mass is 307 g/mol. The van der Waals surface area contributed by atoms with Crippen LogP contribution in [0.5, 0.6) is 0 Å². The molecule has 0 aliphatic heterocycles. The van der Waals surface area contributed by atoms with Gasteiger partial charge in [-0.15, -0.1) is 23.1 Å². The predicted octanol–water partition coefficient (Wildman–Crippen LogP) is 3.51. The SMILES string of the molecule is COC(=O)c1ccsc1NC(=O)c1ccccc1SC. The lowest BCUT2D eigenvalue weighted by molar-refractivity contribution is 0.0602. The highest BCUT2D eigenvalue weighted by Crippen LogP contribution is 2.26. The van der Waals surface area contributed by atoms with Crippen molar-refractivity contribution >= 4 is 40.0 Å². The van der Waals surface area contributed by atoms with Crippen molar-refractivity contribution < 1.29 is 14.3 Å². The van der Waals surface area contributed by atoms with Gasteiger partial charge in [0.15, 0.2) is 0 Å². The van der Waals surface area contributed by atoms with Gasteiger partial charge in [0.05, 0.1) is 18.2 Å². The Morgan fingerprint density at radius 3 is 2.65 bits per heavy atom. The zero-order valence-electron chi connectivity index (χ0n) is 11.0. The minimum Gasteiger partial charge on any atom is -0.465 e. The minimum atomic E-state index is -0.459. The second kappa shape index (κ2) is 6.58. The molecule has 6 heteroatoms. The van der Waals surface area contributed by atoms with Crippen molar-refractivity contribution in [3.05, 3.63) is 46.8 Å². The fourth-order valence-electron chi connectivity index (χ4n) is 1.68. The van der Waals surface area contributed by atoms with Crippen LogP contribution in [0.2, 0.25) is 0 Å². The van der Waals surface area contributed by atoms with Gasteiger partial charge >= 0.3 is 5.97 Å². The third-order valence-electron chi connectivity index (χ3n) is 2.65. The Morgan fingerprint density at radius 2 is 1.95 bits per heavy atom. The summed E-state index contributed by atoms with van der Waals surface area (Å²) in [6.45, 7) is 0. The van der Waals surface area contributed by atoms with Gasteiger partial charge in [0.2, 0.25) is 0 Å². The van der Waals surface area contributed by atoms with Crippen LogP contribution >= 0.6 is 23.1 Å². The Morgan fingerprint density at radius 1 is 1.20 bits per heavy atom. The first-order valence-electron chi connectivity index (χ1n) is 5.77. The Labute approximate surface area is 125 Å². The average Bonchev–Trinajstić information content (AvgIpc) is 2.94. The average molecular weight is 307 g/mol. The molecule has 4 nitrogen and oxygen atoms in total. The van der Waals surface area contributed by atoms with Crippen molar-refractivity contribution in [2.24, 2.45) is 0 Å². The maximum Gasteiger partial charge on any atom is 0.340 e. The summed E-state index contributed by atoms with van der Waals surface area (Å²) < 4.78 is 4.68. The van der Waals surface area contributed by atoms with Crippen LogP contribution in [0.1, 0.15) is 20.7 Å². The molecule has 0 unspecified atom stereocenters. The molecule has 0 saturated carbocycles. The number of amides is 1. The molecule has 0 aliphatic rings. The molecule has 0 radical (unpaired) electrons. The molecule has 2 rings (SSSR count). The highest BCUT2D eigenvalue weighted by molar-refractivity contribution is 7.98. The molecule has 0 bridgehead atoms. The van der Waals surface area contributed by atoms with Crippen LogP contribution in [0.4, 0.5) is 5.00 Å². The van der Waals surface area contributed by atoms with Crippen LogP contribution < -0.4 is 5.32 Å². The second-order valence-electron chi connectivity index (χ2n) is 3.81. The molecular formula is C14H13NO3S2. The van der Waals surface area contributed by atoms with E-state index in [9.17, 15) is 9.59 Å². The highest BCUT2D eigenvalue weighted by atomic mass is 32.2. The van der Waals surface area contributed by atoms with Gasteiger partial charge in [0, 0.05) is 4.90 Å². The normalized spacial score (nSPS) is 10.1. The largest absolute Gasteiger partial charge is 0.465 e.